The van der Waals surface area contributed by atoms with Crippen LogP contribution in [0, 0.1) is 0 Å². The molecule has 2 radical (unpaired) electrons. The second-order valence-corrected chi connectivity index (χ2v) is 3.65. The van der Waals surface area contributed by atoms with Crippen LogP contribution in [0.1, 0.15) is 0 Å². The first-order valence-electron chi connectivity index (χ1n) is 2.35. The maximum absolute atomic E-state index is 11.9. The van der Waals surface area contributed by atoms with Gasteiger partial charge in [-0.05, 0) is 0 Å². The molecule has 40 valence electrons. The molecule has 0 unspecified atom stereocenters. The molecule has 2 heteroatoms. The molecule has 1 aromatic carbocycles. The van der Waals surface area contributed by atoms with Crippen LogP contribution in [0.4, 0.5) is 2.87 Å². The van der Waals surface area contributed by atoms with E-state index in [0.29, 0.717) is 0 Å². The number of benzene rings is 1. The van der Waals surface area contributed by atoms with Crippen LogP contribution >= 0.6 is 0 Å². The molecule has 8 heavy (non-hydrogen) atoms. The fourth-order valence-corrected chi connectivity index (χ4v) is 1.41. The van der Waals surface area contributed by atoms with Crippen LogP contribution in [-0.2, 0) is 0 Å². The Hall–Kier alpha value is -0.0513. The van der Waals surface area contributed by atoms with Crippen LogP contribution in [0.5, 0.6) is 0 Å². The number of hydrogen-bond acceptors (Lipinski definition) is 0. The van der Waals surface area contributed by atoms with Crippen LogP contribution in [0.3, 0.4) is 0 Å². The van der Waals surface area contributed by atoms with Gasteiger partial charge in [0.2, 0.25) is 0 Å². The Kier molecular flexibility index (Phi) is 2.33. The van der Waals surface area contributed by atoms with Crippen molar-refractivity contribution >= 4 is 25.3 Å². The van der Waals surface area contributed by atoms with Crippen molar-refractivity contribution in [2.45, 2.75) is 0 Å². The average molecular weight is 215 g/mol. The Labute approximate surface area is 58.7 Å². The van der Waals surface area contributed by atoms with Gasteiger partial charge < -0.3 is 0 Å². The third-order valence-electron chi connectivity index (χ3n) is 0.883. The summed E-state index contributed by atoms with van der Waals surface area (Å²) in [5.41, 5.74) is 0. The molecular weight excluding hydrogens is 210 g/mol. The Morgan fingerprint density at radius 2 is 1.75 bits per heavy atom. The summed E-state index contributed by atoms with van der Waals surface area (Å²) in [6, 6.07) is 9.32. The maximum atomic E-state index is 11.9. The fourth-order valence-electron chi connectivity index (χ4n) is 0.501. The van der Waals surface area contributed by atoms with Crippen molar-refractivity contribution < 1.29 is 2.87 Å². The van der Waals surface area contributed by atoms with E-state index in [1.807, 2.05) is 30.3 Å². The molecule has 0 aliphatic rings. The summed E-state index contributed by atoms with van der Waals surface area (Å²) < 4.78 is 12.8. The topological polar surface area (TPSA) is 0 Å². The van der Waals surface area contributed by atoms with E-state index in [9.17, 15) is 2.87 Å². The molecule has 0 saturated carbocycles. The minimum absolute atomic E-state index is 0.913. The summed E-state index contributed by atoms with van der Waals surface area (Å²) >= 11 is -1.64. The predicted molar refractivity (Wildman–Crippen MR) is 32.9 cm³/mol. The third-order valence-corrected chi connectivity index (χ3v) is 2.46. The molecule has 0 spiro atoms. The summed E-state index contributed by atoms with van der Waals surface area (Å²) in [5, 5.41) is 0. The van der Waals surface area contributed by atoms with Gasteiger partial charge in [0.25, 0.3) is 0 Å². The van der Waals surface area contributed by atoms with Crippen molar-refractivity contribution in [2.75, 3.05) is 0 Å². The molecule has 1 rings (SSSR count). The van der Waals surface area contributed by atoms with Crippen molar-refractivity contribution in [1.82, 2.24) is 0 Å². The zero-order valence-corrected chi connectivity index (χ0v) is 7.12. The first kappa shape index (κ1) is 6.07. The van der Waals surface area contributed by atoms with Crippen LogP contribution < -0.4 is 3.58 Å². The van der Waals surface area contributed by atoms with E-state index in [0.717, 1.165) is 3.58 Å². The first-order chi connectivity index (χ1) is 3.93. The van der Waals surface area contributed by atoms with Crippen LogP contribution in [0.25, 0.3) is 0 Å². The Balaban J connectivity index is 2.83. The van der Waals surface area contributed by atoms with Crippen molar-refractivity contribution in [1.29, 1.82) is 0 Å². The Morgan fingerprint density at radius 1 is 1.12 bits per heavy atom. The van der Waals surface area contributed by atoms with Gasteiger partial charge in [-0.25, -0.2) is 0 Å². The van der Waals surface area contributed by atoms with E-state index < -0.39 is 21.7 Å². The van der Waals surface area contributed by atoms with E-state index in [1.165, 1.54) is 0 Å². The second kappa shape index (κ2) is 3.07. The van der Waals surface area contributed by atoms with E-state index in [2.05, 4.69) is 0 Å². The van der Waals surface area contributed by atoms with Gasteiger partial charge in [-0.2, -0.15) is 0 Å². The minimum atomic E-state index is -1.64. The summed E-state index contributed by atoms with van der Waals surface area (Å²) in [6.45, 7) is 0. The van der Waals surface area contributed by atoms with Gasteiger partial charge in [0, 0.05) is 0 Å². The van der Waals surface area contributed by atoms with Gasteiger partial charge in [-0.1, -0.05) is 0 Å². The van der Waals surface area contributed by atoms with E-state index in [4.69, 9.17) is 0 Å². The Morgan fingerprint density at radius 3 is 2.12 bits per heavy atom. The van der Waals surface area contributed by atoms with Gasteiger partial charge in [0.15, 0.2) is 0 Å². The van der Waals surface area contributed by atoms with Gasteiger partial charge in [0.1, 0.15) is 0 Å². The van der Waals surface area contributed by atoms with Crippen molar-refractivity contribution in [3.8, 4) is 0 Å². The second-order valence-electron chi connectivity index (χ2n) is 1.46. The van der Waals surface area contributed by atoms with Gasteiger partial charge in [0.05, 0.1) is 0 Å². The SMILES string of the molecule is [F][Sn][c]1ccccc1. The molecule has 0 bridgehead atoms. The summed E-state index contributed by atoms with van der Waals surface area (Å²) in [5.74, 6) is 0. The molecule has 0 aromatic heterocycles. The average Bonchev–Trinajstić information content (AvgIpc) is 1.90. The van der Waals surface area contributed by atoms with Crippen LogP contribution in [0.2, 0.25) is 0 Å². The van der Waals surface area contributed by atoms with Gasteiger partial charge in [-0.15, -0.1) is 0 Å². The Bertz CT molecular complexity index is 150. The number of rotatable bonds is 1. The quantitative estimate of drug-likeness (QED) is 0.610. The van der Waals surface area contributed by atoms with Gasteiger partial charge in [-0.3, -0.25) is 0 Å². The number of hydrogen-bond donors (Lipinski definition) is 0. The molecular formula is C6H5FSn. The first-order valence-corrected chi connectivity index (χ1v) is 4.86. The van der Waals surface area contributed by atoms with E-state index >= 15 is 0 Å². The molecule has 0 saturated heterocycles. The molecule has 0 aliphatic heterocycles. The normalized spacial score (nSPS) is 9.12. The standard InChI is InChI=1S/C6H5.FH.Sn/c1-2-4-6-5-3-1;;/h1-5H;1H;/q;;+1/p-1. The van der Waals surface area contributed by atoms with Crippen molar-refractivity contribution in [3.63, 3.8) is 0 Å². The molecule has 0 nitrogen and oxygen atoms in total. The fraction of sp³-hybridized carbons (Fsp3) is 0. The zero-order valence-electron chi connectivity index (χ0n) is 4.26. The predicted octanol–water partition coefficient (Wildman–Crippen LogP) is 0.901. The molecule has 1 aromatic rings. The summed E-state index contributed by atoms with van der Waals surface area (Å²) in [7, 11) is 0. The molecule has 0 fully saturated rings. The van der Waals surface area contributed by atoms with E-state index in [1.54, 1.807) is 0 Å². The van der Waals surface area contributed by atoms with Crippen molar-refractivity contribution in [2.24, 2.45) is 0 Å². The molecule has 0 heterocycles. The monoisotopic (exact) mass is 216 g/mol. The van der Waals surface area contributed by atoms with Crippen molar-refractivity contribution in [3.05, 3.63) is 30.3 Å². The van der Waals surface area contributed by atoms with E-state index in [-0.39, 0.29) is 0 Å². The number of halogens is 1. The van der Waals surface area contributed by atoms with Crippen LogP contribution in [-0.4, -0.2) is 21.7 Å². The van der Waals surface area contributed by atoms with Gasteiger partial charge >= 0.3 is 58.5 Å². The molecule has 0 aliphatic carbocycles. The molecule has 0 amide bonds. The molecule has 0 N–H and O–H groups in total. The zero-order chi connectivity index (χ0) is 5.82. The molecule has 0 atom stereocenters. The van der Waals surface area contributed by atoms with Crippen LogP contribution in [0.15, 0.2) is 30.3 Å². The summed E-state index contributed by atoms with van der Waals surface area (Å²) in [6.07, 6.45) is 0. The third kappa shape index (κ3) is 1.47. The summed E-state index contributed by atoms with van der Waals surface area (Å²) in [4.78, 5) is 0.